The Balaban J connectivity index is 0. The molecule has 1 aliphatic rings. The highest BCUT2D eigenvalue weighted by atomic mass is 14.9. The molecule has 1 aliphatic carbocycles. The van der Waals surface area contributed by atoms with E-state index in [0.717, 1.165) is 31.6 Å². The van der Waals surface area contributed by atoms with Crippen LogP contribution in [0.15, 0.2) is 0 Å². The van der Waals surface area contributed by atoms with E-state index in [1.807, 2.05) is 20.9 Å². The van der Waals surface area contributed by atoms with Gasteiger partial charge in [-0.3, -0.25) is 0 Å². The quantitative estimate of drug-likeness (QED) is 0.595. The summed E-state index contributed by atoms with van der Waals surface area (Å²) in [4.78, 5) is 0. The molecule has 0 spiro atoms. The first-order valence-electron chi connectivity index (χ1n) is 9.36. The van der Waals surface area contributed by atoms with Crippen LogP contribution in [0.1, 0.15) is 79.1 Å². The summed E-state index contributed by atoms with van der Waals surface area (Å²) in [5, 5.41) is 6.65. The third-order valence-corrected chi connectivity index (χ3v) is 4.08. The first-order chi connectivity index (χ1) is 10.3. The molecule has 0 bridgehead atoms. The predicted molar refractivity (Wildman–Crippen MR) is 97.9 cm³/mol. The van der Waals surface area contributed by atoms with Gasteiger partial charge in [-0.2, -0.15) is 0 Å². The number of hydrogen-bond donors (Lipinski definition) is 3. The Morgan fingerprint density at radius 3 is 1.95 bits per heavy atom. The highest BCUT2D eigenvalue weighted by Gasteiger charge is 2.09. The number of hydrogen-bond acceptors (Lipinski definition) is 3. The number of nitrogens with one attached hydrogen (secondary N) is 2. The average Bonchev–Trinajstić information content (AvgIpc) is 2.58. The van der Waals surface area contributed by atoms with Crippen molar-refractivity contribution in [3.05, 3.63) is 0 Å². The summed E-state index contributed by atoms with van der Waals surface area (Å²) >= 11 is 0. The van der Waals surface area contributed by atoms with Crippen LogP contribution in [-0.4, -0.2) is 32.7 Å². The van der Waals surface area contributed by atoms with Crippen molar-refractivity contribution in [2.75, 3.05) is 26.7 Å². The van der Waals surface area contributed by atoms with Crippen LogP contribution in [0, 0.1) is 5.92 Å². The van der Waals surface area contributed by atoms with Gasteiger partial charge in [0.1, 0.15) is 0 Å². The Bertz CT molecular complexity index is 164. The van der Waals surface area contributed by atoms with Crippen molar-refractivity contribution >= 4 is 0 Å². The second-order valence-electron chi connectivity index (χ2n) is 5.66. The molecule has 0 aromatic heterocycles. The van der Waals surface area contributed by atoms with Crippen LogP contribution < -0.4 is 16.4 Å². The van der Waals surface area contributed by atoms with E-state index in [9.17, 15) is 0 Å². The van der Waals surface area contributed by atoms with Gasteiger partial charge in [-0.1, -0.05) is 47.0 Å². The fraction of sp³-hybridized carbons (Fsp3) is 1.00. The molecule has 0 atom stereocenters. The molecule has 0 saturated heterocycles. The molecule has 1 saturated carbocycles. The van der Waals surface area contributed by atoms with E-state index in [2.05, 4.69) is 24.5 Å². The zero-order chi connectivity index (χ0) is 16.3. The molecule has 0 unspecified atom stereocenters. The average molecular weight is 302 g/mol. The monoisotopic (exact) mass is 301 g/mol. The summed E-state index contributed by atoms with van der Waals surface area (Å²) in [6, 6.07) is 0.729. The maximum atomic E-state index is 5.50. The maximum absolute atomic E-state index is 5.50. The normalized spacial score (nSPS) is 15.0. The molecule has 21 heavy (non-hydrogen) atoms. The minimum Gasteiger partial charge on any atom is -0.330 e. The molecule has 3 nitrogen and oxygen atoms in total. The second-order valence-corrected chi connectivity index (χ2v) is 5.66. The summed E-state index contributed by atoms with van der Waals surface area (Å²) in [7, 11) is 2.00. The molecule has 0 heterocycles. The van der Waals surface area contributed by atoms with Gasteiger partial charge in [-0.05, 0) is 64.7 Å². The van der Waals surface area contributed by atoms with Crippen molar-refractivity contribution in [1.82, 2.24) is 10.6 Å². The minimum absolute atomic E-state index is 0.729. The smallest absolute Gasteiger partial charge is 0.00618 e. The van der Waals surface area contributed by atoms with E-state index in [-0.39, 0.29) is 0 Å². The third kappa shape index (κ3) is 16.1. The van der Waals surface area contributed by atoms with Gasteiger partial charge >= 0.3 is 0 Å². The Kier molecular flexibility index (Phi) is 21.9. The van der Waals surface area contributed by atoms with Crippen LogP contribution >= 0.6 is 0 Å². The molecule has 0 amide bonds. The summed E-state index contributed by atoms with van der Waals surface area (Å²) in [6.07, 6.45) is 10.8. The van der Waals surface area contributed by atoms with Crippen LogP contribution in [0.4, 0.5) is 0 Å². The van der Waals surface area contributed by atoms with E-state index < -0.39 is 0 Å². The van der Waals surface area contributed by atoms with Crippen LogP contribution in [0.5, 0.6) is 0 Å². The zero-order valence-corrected chi connectivity index (χ0v) is 15.5. The van der Waals surface area contributed by atoms with Crippen LogP contribution in [0.3, 0.4) is 0 Å². The SMILES string of the molecule is CC.CCC(CC)NCCCNC.NCC1CCCCC1. The van der Waals surface area contributed by atoms with Crippen molar-refractivity contribution in [3.8, 4) is 0 Å². The Hall–Kier alpha value is -0.120. The van der Waals surface area contributed by atoms with Crippen LogP contribution in [0.25, 0.3) is 0 Å². The van der Waals surface area contributed by atoms with Crippen molar-refractivity contribution in [3.63, 3.8) is 0 Å². The van der Waals surface area contributed by atoms with Gasteiger partial charge < -0.3 is 16.4 Å². The van der Waals surface area contributed by atoms with Crippen LogP contribution in [-0.2, 0) is 0 Å². The second kappa shape index (κ2) is 19.9. The number of nitrogens with two attached hydrogens (primary N) is 1. The lowest BCUT2D eigenvalue weighted by Crippen LogP contribution is -2.29. The summed E-state index contributed by atoms with van der Waals surface area (Å²) < 4.78 is 0. The van der Waals surface area contributed by atoms with Gasteiger partial charge in [0.05, 0.1) is 0 Å². The van der Waals surface area contributed by atoms with Crippen molar-refractivity contribution in [1.29, 1.82) is 0 Å². The summed E-state index contributed by atoms with van der Waals surface area (Å²) in [5.41, 5.74) is 5.50. The maximum Gasteiger partial charge on any atom is 0.00618 e. The topological polar surface area (TPSA) is 50.1 Å². The summed E-state index contributed by atoms with van der Waals surface area (Å²) in [5.74, 6) is 0.865. The molecule has 130 valence electrons. The summed E-state index contributed by atoms with van der Waals surface area (Å²) in [6.45, 7) is 11.7. The molecular formula is C18H43N3. The minimum atomic E-state index is 0.729. The fourth-order valence-electron chi connectivity index (χ4n) is 2.57. The Morgan fingerprint density at radius 2 is 1.57 bits per heavy atom. The van der Waals surface area contributed by atoms with Crippen molar-refractivity contribution in [2.45, 2.75) is 85.1 Å². The lowest BCUT2D eigenvalue weighted by Gasteiger charge is -2.18. The first-order valence-corrected chi connectivity index (χ1v) is 9.36. The number of rotatable bonds is 8. The van der Waals surface area contributed by atoms with E-state index in [1.54, 1.807) is 0 Å². The predicted octanol–water partition coefficient (Wildman–Crippen LogP) is 3.93. The highest BCUT2D eigenvalue weighted by Crippen LogP contribution is 2.21. The molecule has 0 radical (unpaired) electrons. The molecular weight excluding hydrogens is 258 g/mol. The van der Waals surface area contributed by atoms with Crippen molar-refractivity contribution in [2.24, 2.45) is 11.7 Å². The largest absolute Gasteiger partial charge is 0.330 e. The van der Waals surface area contributed by atoms with E-state index >= 15 is 0 Å². The Labute approximate surface area is 134 Å². The molecule has 1 rings (SSSR count). The van der Waals surface area contributed by atoms with Gasteiger partial charge in [0.25, 0.3) is 0 Å². The molecule has 4 N–H and O–H groups in total. The fourth-order valence-corrected chi connectivity index (χ4v) is 2.57. The van der Waals surface area contributed by atoms with Gasteiger partial charge in [-0.15, -0.1) is 0 Å². The molecule has 0 aromatic rings. The third-order valence-electron chi connectivity index (χ3n) is 4.08. The molecule has 0 aliphatic heterocycles. The van der Waals surface area contributed by atoms with E-state index in [0.29, 0.717) is 0 Å². The molecule has 3 heteroatoms. The highest BCUT2D eigenvalue weighted by molar-refractivity contribution is 4.65. The Morgan fingerprint density at radius 1 is 1.00 bits per heavy atom. The van der Waals surface area contributed by atoms with Gasteiger partial charge in [0.2, 0.25) is 0 Å². The van der Waals surface area contributed by atoms with E-state index in [4.69, 9.17) is 5.73 Å². The van der Waals surface area contributed by atoms with Gasteiger partial charge in [-0.25, -0.2) is 0 Å². The first kappa shape index (κ1) is 23.2. The van der Waals surface area contributed by atoms with Gasteiger partial charge in [0, 0.05) is 6.04 Å². The van der Waals surface area contributed by atoms with Crippen LogP contribution in [0.2, 0.25) is 0 Å². The van der Waals surface area contributed by atoms with Gasteiger partial charge in [0.15, 0.2) is 0 Å². The van der Waals surface area contributed by atoms with E-state index in [1.165, 1.54) is 51.4 Å². The molecule has 0 aromatic carbocycles. The molecule has 1 fully saturated rings. The zero-order valence-electron chi connectivity index (χ0n) is 15.5. The lowest BCUT2D eigenvalue weighted by atomic mass is 9.90. The van der Waals surface area contributed by atoms with Crippen molar-refractivity contribution < 1.29 is 0 Å². The standard InChI is InChI=1S/C9H22N2.C7H15N.C2H6/c1-4-9(5-2)11-8-6-7-10-3;8-6-7-4-2-1-3-5-7;1-2/h9-11H,4-8H2,1-3H3;7H,1-6,8H2;1-2H3. The lowest BCUT2D eigenvalue weighted by molar-refractivity contribution is 0.366.